The van der Waals surface area contributed by atoms with Crippen LogP contribution in [0.2, 0.25) is 0 Å². The van der Waals surface area contributed by atoms with Crippen LogP contribution >= 0.6 is 0 Å². The van der Waals surface area contributed by atoms with Gasteiger partial charge in [0.1, 0.15) is 6.79 Å². The summed E-state index contributed by atoms with van der Waals surface area (Å²) in [5.74, 6) is 0.294. The fourth-order valence-electron chi connectivity index (χ4n) is 1.38. The lowest BCUT2D eigenvalue weighted by molar-refractivity contribution is -0.0668. The average Bonchev–Trinajstić information content (AvgIpc) is 2.37. The van der Waals surface area contributed by atoms with Gasteiger partial charge in [-0.25, -0.2) is 0 Å². The number of ether oxygens (including phenoxy) is 2. The van der Waals surface area contributed by atoms with E-state index < -0.39 is 0 Å². The summed E-state index contributed by atoms with van der Waals surface area (Å²) < 4.78 is 10.7. The zero-order chi connectivity index (χ0) is 12.3. The SMILES string of the molecule is C[C@H](/C=C/CO)COCOCc1ccccc1. The van der Waals surface area contributed by atoms with Gasteiger partial charge in [0.25, 0.3) is 0 Å². The molecule has 0 saturated carbocycles. The minimum Gasteiger partial charge on any atom is -0.392 e. The summed E-state index contributed by atoms with van der Waals surface area (Å²) in [6, 6.07) is 10.00. The van der Waals surface area contributed by atoms with Gasteiger partial charge in [-0.1, -0.05) is 49.4 Å². The van der Waals surface area contributed by atoms with Crippen LogP contribution in [-0.2, 0) is 16.1 Å². The molecular formula is C14H20O3. The molecule has 0 spiro atoms. The number of aliphatic hydroxyl groups is 1. The third-order valence-corrected chi connectivity index (χ3v) is 2.23. The predicted molar refractivity (Wildman–Crippen MR) is 67.4 cm³/mol. The van der Waals surface area contributed by atoms with Crippen LogP contribution in [0.4, 0.5) is 0 Å². The van der Waals surface area contributed by atoms with Crippen LogP contribution in [0.25, 0.3) is 0 Å². The summed E-state index contributed by atoms with van der Waals surface area (Å²) in [5.41, 5.74) is 1.14. The molecule has 1 rings (SSSR count). The smallest absolute Gasteiger partial charge is 0.147 e. The van der Waals surface area contributed by atoms with Crippen molar-refractivity contribution in [3.63, 3.8) is 0 Å². The normalized spacial score (nSPS) is 13.1. The fourth-order valence-corrected chi connectivity index (χ4v) is 1.38. The topological polar surface area (TPSA) is 38.7 Å². The van der Waals surface area contributed by atoms with Crippen LogP contribution < -0.4 is 0 Å². The van der Waals surface area contributed by atoms with E-state index in [1.807, 2.05) is 43.3 Å². The van der Waals surface area contributed by atoms with E-state index >= 15 is 0 Å². The van der Waals surface area contributed by atoms with Gasteiger partial charge >= 0.3 is 0 Å². The number of rotatable bonds is 8. The molecule has 0 amide bonds. The molecule has 0 aliphatic carbocycles. The van der Waals surface area contributed by atoms with E-state index in [0.29, 0.717) is 25.9 Å². The van der Waals surface area contributed by atoms with Crippen molar-refractivity contribution in [1.29, 1.82) is 0 Å². The molecule has 0 saturated heterocycles. The van der Waals surface area contributed by atoms with Crippen molar-refractivity contribution in [2.24, 2.45) is 5.92 Å². The van der Waals surface area contributed by atoms with Crippen molar-refractivity contribution < 1.29 is 14.6 Å². The van der Waals surface area contributed by atoms with Crippen LogP contribution in [-0.4, -0.2) is 25.1 Å². The molecule has 0 aromatic heterocycles. The van der Waals surface area contributed by atoms with Crippen molar-refractivity contribution in [3.05, 3.63) is 48.0 Å². The van der Waals surface area contributed by atoms with E-state index in [1.165, 1.54) is 0 Å². The summed E-state index contributed by atoms with van der Waals surface area (Å²) in [7, 11) is 0. The van der Waals surface area contributed by atoms with Crippen LogP contribution in [0.5, 0.6) is 0 Å². The summed E-state index contributed by atoms with van der Waals surface area (Å²) in [5, 5.41) is 8.60. The van der Waals surface area contributed by atoms with Gasteiger partial charge < -0.3 is 14.6 Å². The first-order chi connectivity index (χ1) is 8.33. The van der Waals surface area contributed by atoms with Gasteiger partial charge in [-0.3, -0.25) is 0 Å². The van der Waals surface area contributed by atoms with E-state index in [4.69, 9.17) is 14.6 Å². The summed E-state index contributed by atoms with van der Waals surface area (Å²) in [6.07, 6.45) is 3.65. The molecular weight excluding hydrogens is 216 g/mol. The fraction of sp³-hybridized carbons (Fsp3) is 0.429. The van der Waals surface area contributed by atoms with Crippen molar-refractivity contribution in [2.75, 3.05) is 20.0 Å². The Bertz CT molecular complexity index is 309. The second-order valence-electron chi connectivity index (χ2n) is 3.91. The van der Waals surface area contributed by atoms with Crippen molar-refractivity contribution in [3.8, 4) is 0 Å². The molecule has 0 bridgehead atoms. The molecule has 94 valence electrons. The van der Waals surface area contributed by atoms with Crippen molar-refractivity contribution in [1.82, 2.24) is 0 Å². The highest BCUT2D eigenvalue weighted by atomic mass is 16.7. The number of aliphatic hydroxyl groups excluding tert-OH is 1. The molecule has 1 atom stereocenters. The Kier molecular flexibility index (Phi) is 7.30. The van der Waals surface area contributed by atoms with Gasteiger partial charge in [-0.05, 0) is 11.5 Å². The lowest BCUT2D eigenvalue weighted by Gasteiger charge is -2.08. The van der Waals surface area contributed by atoms with Gasteiger partial charge in [0.15, 0.2) is 0 Å². The van der Waals surface area contributed by atoms with Crippen molar-refractivity contribution in [2.45, 2.75) is 13.5 Å². The van der Waals surface area contributed by atoms with Crippen LogP contribution in [0.1, 0.15) is 12.5 Å². The van der Waals surface area contributed by atoms with Crippen LogP contribution in [0.3, 0.4) is 0 Å². The van der Waals surface area contributed by atoms with E-state index in [2.05, 4.69) is 0 Å². The third kappa shape index (κ3) is 6.89. The molecule has 1 aromatic rings. The molecule has 1 N–H and O–H groups in total. The molecule has 0 radical (unpaired) electrons. The summed E-state index contributed by atoms with van der Waals surface area (Å²) in [4.78, 5) is 0. The molecule has 0 aliphatic heterocycles. The van der Waals surface area contributed by atoms with E-state index in [0.717, 1.165) is 5.56 Å². The molecule has 17 heavy (non-hydrogen) atoms. The molecule has 1 aromatic carbocycles. The highest BCUT2D eigenvalue weighted by molar-refractivity contribution is 5.13. The van der Waals surface area contributed by atoms with Crippen LogP contribution in [0, 0.1) is 5.92 Å². The maximum Gasteiger partial charge on any atom is 0.147 e. The van der Waals surface area contributed by atoms with Gasteiger partial charge in [0.05, 0.1) is 19.8 Å². The molecule has 0 aliphatic rings. The van der Waals surface area contributed by atoms with E-state index in [9.17, 15) is 0 Å². The molecule has 0 fully saturated rings. The first-order valence-corrected chi connectivity index (χ1v) is 5.80. The maximum absolute atomic E-state index is 8.60. The molecule has 3 nitrogen and oxygen atoms in total. The largest absolute Gasteiger partial charge is 0.392 e. The average molecular weight is 236 g/mol. The van der Waals surface area contributed by atoms with Crippen molar-refractivity contribution >= 4 is 0 Å². The van der Waals surface area contributed by atoms with Gasteiger partial charge in [-0.2, -0.15) is 0 Å². The van der Waals surface area contributed by atoms with Gasteiger partial charge in [0, 0.05) is 0 Å². The minimum atomic E-state index is 0.0782. The Labute approximate surface area is 103 Å². The molecule has 0 heterocycles. The number of hydrogen-bond donors (Lipinski definition) is 1. The Morgan fingerprint density at radius 1 is 1.24 bits per heavy atom. The van der Waals surface area contributed by atoms with E-state index in [-0.39, 0.29) is 6.61 Å². The first kappa shape index (κ1) is 13.9. The second-order valence-corrected chi connectivity index (χ2v) is 3.91. The lowest BCUT2D eigenvalue weighted by Crippen LogP contribution is -2.07. The standard InChI is InChI=1S/C14H20O3/c1-13(6-5-9-15)10-16-12-17-11-14-7-3-2-4-8-14/h2-8,13,15H,9-12H2,1H3/b6-5+/t13-/m1/s1. The molecule has 0 unspecified atom stereocenters. The van der Waals surface area contributed by atoms with Crippen LogP contribution in [0.15, 0.2) is 42.5 Å². The first-order valence-electron chi connectivity index (χ1n) is 5.80. The lowest BCUT2D eigenvalue weighted by atomic mass is 10.2. The third-order valence-electron chi connectivity index (χ3n) is 2.23. The quantitative estimate of drug-likeness (QED) is 0.428. The number of hydrogen-bond acceptors (Lipinski definition) is 3. The Hall–Kier alpha value is -1.16. The zero-order valence-corrected chi connectivity index (χ0v) is 10.2. The summed E-state index contributed by atoms with van der Waals surface area (Å²) in [6.45, 7) is 3.58. The Morgan fingerprint density at radius 3 is 2.71 bits per heavy atom. The zero-order valence-electron chi connectivity index (χ0n) is 10.2. The number of benzene rings is 1. The molecule has 3 heteroatoms. The highest BCUT2D eigenvalue weighted by Crippen LogP contribution is 2.01. The second kappa shape index (κ2) is 8.93. The predicted octanol–water partition coefficient (Wildman–Crippen LogP) is 2.36. The van der Waals surface area contributed by atoms with Gasteiger partial charge in [0.2, 0.25) is 0 Å². The Balaban J connectivity index is 2.03. The minimum absolute atomic E-state index is 0.0782. The summed E-state index contributed by atoms with van der Waals surface area (Å²) >= 11 is 0. The maximum atomic E-state index is 8.60. The van der Waals surface area contributed by atoms with E-state index in [1.54, 1.807) is 6.08 Å². The highest BCUT2D eigenvalue weighted by Gasteiger charge is 1.97. The monoisotopic (exact) mass is 236 g/mol. The van der Waals surface area contributed by atoms with Gasteiger partial charge in [-0.15, -0.1) is 0 Å². The Morgan fingerprint density at radius 2 is 2.00 bits per heavy atom.